The molecule has 0 N–H and O–H groups in total. The van der Waals surface area contributed by atoms with Gasteiger partial charge in [-0.3, -0.25) is 0 Å². The van der Waals surface area contributed by atoms with Gasteiger partial charge in [0.05, 0.1) is 47.3 Å². The van der Waals surface area contributed by atoms with Crippen molar-refractivity contribution in [1.82, 2.24) is 0 Å². The van der Waals surface area contributed by atoms with Gasteiger partial charge in [-0.05, 0) is 141 Å². The number of fused-ring (bicyclic) bond motifs is 2. The molecule has 4 nitrogen and oxygen atoms in total. The summed E-state index contributed by atoms with van der Waals surface area (Å²) in [4.78, 5) is 0. The lowest BCUT2D eigenvalue weighted by molar-refractivity contribution is -0.106. The molecule has 6 aliphatic rings. The Labute approximate surface area is 260 Å². The predicted molar refractivity (Wildman–Crippen MR) is 173 cm³/mol. The summed E-state index contributed by atoms with van der Waals surface area (Å²) in [6.45, 7) is 21.6. The van der Waals surface area contributed by atoms with E-state index in [-0.39, 0.29) is 22.4 Å². The van der Waals surface area contributed by atoms with E-state index in [0.29, 0.717) is 23.7 Å². The fourth-order valence-electron chi connectivity index (χ4n) is 8.77. The Morgan fingerprint density at radius 1 is 0.833 bits per heavy atom. The molecule has 0 aromatic rings. The van der Waals surface area contributed by atoms with E-state index in [1.165, 1.54) is 96.3 Å². The molecule has 0 bridgehead atoms. The number of hydrogen-bond donors (Lipinski definition) is 0. The zero-order valence-electron chi connectivity index (χ0n) is 29.2. The Morgan fingerprint density at radius 2 is 1.52 bits per heavy atom. The molecule has 3 heterocycles. The molecule has 0 radical (unpaired) electrons. The van der Waals surface area contributed by atoms with Gasteiger partial charge in [-0.15, -0.1) is 0 Å². The minimum Gasteiger partial charge on any atom is -0.375 e. The Bertz CT molecular complexity index is 900. The zero-order chi connectivity index (χ0) is 30.4. The summed E-state index contributed by atoms with van der Waals surface area (Å²) in [7, 11) is 0. The van der Waals surface area contributed by atoms with Crippen LogP contribution in [0.25, 0.3) is 0 Å². The molecule has 3 saturated carbocycles. The van der Waals surface area contributed by atoms with Crippen molar-refractivity contribution in [2.75, 3.05) is 6.61 Å². The standard InChI is InChI=1S/C24H44O2.C14H24O2/c1-7-9-10-18(8-2)17-25-24(6,14-12-21-22(3,4)26-21)19-11-13-23(5)16-20(23)15-19;1-13(2)11(15-13)6-4-5-10-7-8-14(3)12(9-10)16-14/h18-21H,7-17H2,1-6H3;10-12H,4-9H2,1-3H3. The van der Waals surface area contributed by atoms with Crippen molar-refractivity contribution in [3.8, 4) is 0 Å². The number of ether oxygens (including phenoxy) is 4. The van der Waals surface area contributed by atoms with Gasteiger partial charge in [-0.25, -0.2) is 0 Å². The van der Waals surface area contributed by atoms with Crippen molar-refractivity contribution < 1.29 is 18.9 Å². The highest BCUT2D eigenvalue weighted by molar-refractivity contribution is 5.07. The monoisotopic (exact) mass is 589 g/mol. The zero-order valence-corrected chi connectivity index (χ0v) is 29.2. The highest BCUT2D eigenvalue weighted by Crippen LogP contribution is 2.64. The van der Waals surface area contributed by atoms with E-state index in [4.69, 9.17) is 18.9 Å². The number of hydrogen-bond acceptors (Lipinski definition) is 4. The average Bonchev–Trinajstić information content (AvgIpc) is 3.87. The third kappa shape index (κ3) is 8.16. The molecule has 0 amide bonds. The Balaban J connectivity index is 0.000000187. The lowest BCUT2D eigenvalue weighted by atomic mass is 9.72. The van der Waals surface area contributed by atoms with E-state index in [1.54, 1.807) is 0 Å². The van der Waals surface area contributed by atoms with Gasteiger partial charge in [0.2, 0.25) is 0 Å². The van der Waals surface area contributed by atoms with Crippen LogP contribution in [0.5, 0.6) is 0 Å². The van der Waals surface area contributed by atoms with Gasteiger partial charge in [0.15, 0.2) is 0 Å². The molecule has 0 aromatic heterocycles. The van der Waals surface area contributed by atoms with Gasteiger partial charge >= 0.3 is 0 Å². The highest BCUT2D eigenvalue weighted by Gasteiger charge is 2.57. The van der Waals surface area contributed by atoms with Gasteiger partial charge in [0, 0.05) is 0 Å². The van der Waals surface area contributed by atoms with Gasteiger partial charge < -0.3 is 18.9 Å². The fourth-order valence-corrected chi connectivity index (χ4v) is 8.77. The molecule has 42 heavy (non-hydrogen) atoms. The van der Waals surface area contributed by atoms with Crippen molar-refractivity contribution in [3.63, 3.8) is 0 Å². The topological polar surface area (TPSA) is 46.8 Å². The summed E-state index contributed by atoms with van der Waals surface area (Å²) in [5.74, 6) is 3.37. The van der Waals surface area contributed by atoms with Crippen molar-refractivity contribution in [2.24, 2.45) is 29.1 Å². The van der Waals surface area contributed by atoms with Crippen LogP contribution in [0.3, 0.4) is 0 Å². The number of unbranched alkanes of at least 4 members (excludes halogenated alkanes) is 1. The predicted octanol–water partition coefficient (Wildman–Crippen LogP) is 10.1. The van der Waals surface area contributed by atoms with Crippen LogP contribution >= 0.6 is 0 Å². The third-order valence-corrected chi connectivity index (χ3v) is 13.2. The van der Waals surface area contributed by atoms with E-state index in [2.05, 4.69) is 62.3 Å². The fraction of sp³-hybridized carbons (Fsp3) is 1.00. The molecule has 244 valence electrons. The van der Waals surface area contributed by atoms with Crippen molar-refractivity contribution >= 4 is 0 Å². The minimum absolute atomic E-state index is 0.0472. The van der Waals surface area contributed by atoms with Gasteiger partial charge in [-0.1, -0.05) is 52.9 Å². The second-order valence-electron chi connectivity index (χ2n) is 17.5. The van der Waals surface area contributed by atoms with Crippen LogP contribution in [0.2, 0.25) is 0 Å². The SMILES string of the molecule is CC1(C)OC1CCCC1CCC2(C)OC2C1.CCCCC(CC)COC(C)(CCC1OC1(C)C)C1CCC2(C)CC2C1. The highest BCUT2D eigenvalue weighted by atomic mass is 16.6. The average molecular weight is 589 g/mol. The molecule has 3 aliphatic heterocycles. The van der Waals surface area contributed by atoms with Gasteiger partial charge in [0.1, 0.15) is 0 Å². The first-order valence-corrected chi connectivity index (χ1v) is 18.4. The van der Waals surface area contributed by atoms with Gasteiger partial charge in [0.25, 0.3) is 0 Å². The smallest absolute Gasteiger partial charge is 0.0920 e. The first-order chi connectivity index (χ1) is 19.7. The van der Waals surface area contributed by atoms with E-state index in [1.807, 2.05) is 0 Å². The molecule has 10 atom stereocenters. The van der Waals surface area contributed by atoms with Crippen molar-refractivity contribution in [2.45, 2.75) is 206 Å². The summed E-state index contributed by atoms with van der Waals surface area (Å²) < 4.78 is 24.0. The molecule has 10 unspecified atom stereocenters. The first-order valence-electron chi connectivity index (χ1n) is 18.4. The molecule has 6 rings (SSSR count). The number of rotatable bonds is 15. The molecule has 6 fully saturated rings. The van der Waals surface area contributed by atoms with Crippen LogP contribution in [0.4, 0.5) is 0 Å². The number of epoxide rings is 3. The second-order valence-corrected chi connectivity index (χ2v) is 17.5. The van der Waals surface area contributed by atoms with Gasteiger partial charge in [-0.2, -0.15) is 0 Å². The molecule has 0 aromatic carbocycles. The molecule has 4 heteroatoms. The molecule has 0 spiro atoms. The van der Waals surface area contributed by atoms with Crippen molar-refractivity contribution in [3.05, 3.63) is 0 Å². The van der Waals surface area contributed by atoms with Crippen LogP contribution in [-0.2, 0) is 18.9 Å². The quantitative estimate of drug-likeness (QED) is 0.179. The van der Waals surface area contributed by atoms with Crippen LogP contribution in [0.15, 0.2) is 0 Å². The lowest BCUT2D eigenvalue weighted by Gasteiger charge is -2.42. The van der Waals surface area contributed by atoms with E-state index in [0.717, 1.165) is 36.7 Å². The second kappa shape index (κ2) is 12.6. The maximum Gasteiger partial charge on any atom is 0.0920 e. The lowest BCUT2D eigenvalue weighted by Crippen LogP contribution is -2.41. The van der Waals surface area contributed by atoms with E-state index < -0.39 is 0 Å². The molecule has 3 aliphatic carbocycles. The Kier molecular flexibility index (Phi) is 9.93. The maximum absolute atomic E-state index is 6.81. The normalized spacial score (nSPS) is 42.2. The summed E-state index contributed by atoms with van der Waals surface area (Å²) in [6.07, 6.45) is 22.7. The Hall–Kier alpha value is -0.160. The maximum atomic E-state index is 6.81. The summed E-state index contributed by atoms with van der Waals surface area (Å²) in [5, 5.41) is 0. The molecular formula is C38H68O4. The van der Waals surface area contributed by atoms with Crippen molar-refractivity contribution in [1.29, 1.82) is 0 Å². The van der Waals surface area contributed by atoms with Crippen LogP contribution < -0.4 is 0 Å². The molecule has 3 saturated heterocycles. The summed E-state index contributed by atoms with van der Waals surface area (Å²) >= 11 is 0. The Morgan fingerprint density at radius 3 is 2.12 bits per heavy atom. The minimum atomic E-state index is 0.0472. The van der Waals surface area contributed by atoms with Crippen LogP contribution in [-0.4, -0.2) is 47.3 Å². The van der Waals surface area contributed by atoms with Crippen LogP contribution in [0, 0.1) is 29.1 Å². The molecular weight excluding hydrogens is 520 g/mol. The summed E-state index contributed by atoms with van der Waals surface area (Å²) in [6, 6.07) is 0. The summed E-state index contributed by atoms with van der Waals surface area (Å²) in [5.41, 5.74) is 1.32. The third-order valence-electron chi connectivity index (χ3n) is 13.2. The van der Waals surface area contributed by atoms with E-state index >= 15 is 0 Å². The largest absolute Gasteiger partial charge is 0.375 e. The van der Waals surface area contributed by atoms with Crippen LogP contribution in [0.1, 0.15) is 165 Å². The first kappa shape index (κ1) is 33.2. The van der Waals surface area contributed by atoms with E-state index in [9.17, 15) is 0 Å².